The average molecular weight is 492 g/mol. The van der Waals surface area contributed by atoms with E-state index in [-0.39, 0.29) is 5.56 Å². The molecule has 0 fully saturated rings. The largest absolute Gasteiger partial charge is 0.493 e. The second kappa shape index (κ2) is 11.1. The lowest BCUT2D eigenvalue weighted by Gasteiger charge is -2.25. The molecule has 8 heteroatoms. The Labute approximate surface area is 209 Å². The number of aromatic amines is 1. The van der Waals surface area contributed by atoms with E-state index in [1.807, 2.05) is 60.4 Å². The highest BCUT2D eigenvalue weighted by atomic mass is 32.1. The standard InChI is InChI=1S/C27H29N3O4S/c1-18-6-8-23-20(13-18)15-21(26(31)29-23)16-30(17-22-5-4-12-34-22)27(35)28-11-10-19-7-9-24(32-2)25(14-19)33-3/h4-9,12-15H,10-11,16-17H2,1-3H3,(H,28,35)(H,29,31). The van der Waals surface area contributed by atoms with Crippen molar-refractivity contribution in [1.29, 1.82) is 0 Å². The minimum absolute atomic E-state index is 0.126. The molecule has 0 atom stereocenters. The highest BCUT2D eigenvalue weighted by Gasteiger charge is 2.15. The number of nitrogens with zero attached hydrogens (tertiary/aromatic N) is 1. The lowest BCUT2D eigenvalue weighted by atomic mass is 10.1. The van der Waals surface area contributed by atoms with Gasteiger partial charge in [-0.3, -0.25) is 4.79 Å². The zero-order valence-electron chi connectivity index (χ0n) is 20.1. The molecule has 0 saturated carbocycles. The normalized spacial score (nSPS) is 10.8. The number of hydrogen-bond acceptors (Lipinski definition) is 5. The number of ether oxygens (including phenoxy) is 2. The molecular formula is C27H29N3O4S. The summed E-state index contributed by atoms with van der Waals surface area (Å²) < 4.78 is 16.3. The van der Waals surface area contributed by atoms with Crippen molar-refractivity contribution >= 4 is 28.2 Å². The van der Waals surface area contributed by atoms with E-state index >= 15 is 0 Å². The summed E-state index contributed by atoms with van der Waals surface area (Å²) in [4.78, 5) is 17.7. The molecule has 0 amide bonds. The zero-order chi connectivity index (χ0) is 24.8. The molecule has 0 unspecified atom stereocenters. The number of aromatic nitrogens is 1. The fourth-order valence-corrected chi connectivity index (χ4v) is 4.18. The van der Waals surface area contributed by atoms with Crippen molar-refractivity contribution in [1.82, 2.24) is 15.2 Å². The molecule has 0 radical (unpaired) electrons. The molecule has 2 heterocycles. The van der Waals surface area contributed by atoms with Gasteiger partial charge in [0, 0.05) is 17.6 Å². The summed E-state index contributed by atoms with van der Waals surface area (Å²) in [5.74, 6) is 2.15. The summed E-state index contributed by atoms with van der Waals surface area (Å²) in [6.45, 7) is 3.45. The Hall–Kier alpha value is -3.78. The van der Waals surface area contributed by atoms with Gasteiger partial charge >= 0.3 is 0 Å². The van der Waals surface area contributed by atoms with Crippen LogP contribution in [0.2, 0.25) is 0 Å². The number of rotatable bonds is 9. The van der Waals surface area contributed by atoms with Crippen molar-refractivity contribution in [3.8, 4) is 11.5 Å². The van der Waals surface area contributed by atoms with Gasteiger partial charge < -0.3 is 29.1 Å². The van der Waals surface area contributed by atoms with Crippen LogP contribution in [0.4, 0.5) is 0 Å². The first-order valence-corrected chi connectivity index (χ1v) is 11.8. The minimum Gasteiger partial charge on any atom is -0.493 e. The second-order valence-corrected chi connectivity index (χ2v) is 8.71. The number of thiocarbonyl (C=S) groups is 1. The number of fused-ring (bicyclic) bond motifs is 1. The summed E-state index contributed by atoms with van der Waals surface area (Å²) >= 11 is 5.73. The van der Waals surface area contributed by atoms with Crippen LogP contribution in [0.25, 0.3) is 10.9 Å². The van der Waals surface area contributed by atoms with E-state index in [1.54, 1.807) is 20.5 Å². The molecular weight excluding hydrogens is 462 g/mol. The van der Waals surface area contributed by atoms with Gasteiger partial charge in [0.15, 0.2) is 16.6 Å². The van der Waals surface area contributed by atoms with E-state index in [9.17, 15) is 4.79 Å². The summed E-state index contributed by atoms with van der Waals surface area (Å²) in [6, 6.07) is 17.5. The molecule has 0 aliphatic carbocycles. The summed E-state index contributed by atoms with van der Waals surface area (Å²) in [5, 5.41) is 4.86. The monoisotopic (exact) mass is 491 g/mol. The number of nitrogens with one attached hydrogen (secondary N) is 2. The Kier molecular flexibility index (Phi) is 7.72. The molecule has 4 aromatic rings. The van der Waals surface area contributed by atoms with Crippen molar-refractivity contribution in [2.75, 3.05) is 20.8 Å². The Morgan fingerprint density at radius 2 is 1.89 bits per heavy atom. The summed E-state index contributed by atoms with van der Waals surface area (Å²) in [6.07, 6.45) is 2.37. The van der Waals surface area contributed by atoms with Crippen LogP contribution in [-0.4, -0.2) is 35.8 Å². The number of hydrogen-bond donors (Lipinski definition) is 2. The number of furan rings is 1. The molecule has 35 heavy (non-hydrogen) atoms. The van der Waals surface area contributed by atoms with Crippen LogP contribution in [0.15, 0.2) is 70.1 Å². The molecule has 0 aliphatic heterocycles. The van der Waals surface area contributed by atoms with Gasteiger partial charge in [-0.05, 0) is 79.0 Å². The lowest BCUT2D eigenvalue weighted by molar-refractivity contribution is 0.350. The molecule has 0 bridgehead atoms. The fourth-order valence-electron chi connectivity index (χ4n) is 3.95. The van der Waals surface area contributed by atoms with Crippen LogP contribution < -0.4 is 20.3 Å². The Morgan fingerprint density at radius 3 is 2.63 bits per heavy atom. The lowest BCUT2D eigenvalue weighted by Crippen LogP contribution is -2.40. The molecule has 2 aromatic carbocycles. The molecule has 2 N–H and O–H groups in total. The Morgan fingerprint density at radius 1 is 1.06 bits per heavy atom. The van der Waals surface area contributed by atoms with Gasteiger partial charge in [0.05, 0.1) is 33.6 Å². The van der Waals surface area contributed by atoms with Crippen molar-refractivity contribution in [3.63, 3.8) is 0 Å². The third-order valence-corrected chi connectivity index (χ3v) is 6.19. The van der Waals surface area contributed by atoms with Crippen LogP contribution in [0, 0.1) is 6.92 Å². The highest BCUT2D eigenvalue weighted by Crippen LogP contribution is 2.27. The van der Waals surface area contributed by atoms with E-state index in [2.05, 4.69) is 16.4 Å². The maximum absolute atomic E-state index is 12.8. The van der Waals surface area contributed by atoms with E-state index < -0.39 is 0 Å². The molecule has 0 spiro atoms. The van der Waals surface area contributed by atoms with Gasteiger partial charge in [0.1, 0.15) is 5.76 Å². The van der Waals surface area contributed by atoms with Crippen molar-refractivity contribution in [2.45, 2.75) is 26.4 Å². The van der Waals surface area contributed by atoms with Crippen LogP contribution >= 0.6 is 12.2 Å². The SMILES string of the molecule is COc1ccc(CCNC(=S)N(Cc2ccco2)Cc2cc3cc(C)ccc3[nH]c2=O)cc1OC. The third-order valence-electron chi connectivity index (χ3n) is 5.79. The highest BCUT2D eigenvalue weighted by molar-refractivity contribution is 7.80. The van der Waals surface area contributed by atoms with Crippen LogP contribution in [0.5, 0.6) is 11.5 Å². The van der Waals surface area contributed by atoms with Crippen LogP contribution in [0.3, 0.4) is 0 Å². The van der Waals surface area contributed by atoms with Crippen molar-refractivity contribution in [3.05, 3.63) is 93.7 Å². The van der Waals surface area contributed by atoms with Crippen molar-refractivity contribution in [2.24, 2.45) is 0 Å². The topological polar surface area (TPSA) is 79.7 Å². The first-order valence-electron chi connectivity index (χ1n) is 11.4. The predicted octanol–water partition coefficient (Wildman–Crippen LogP) is 4.57. The smallest absolute Gasteiger partial charge is 0.253 e. The number of H-pyrrole nitrogens is 1. The van der Waals surface area contributed by atoms with E-state index in [0.717, 1.165) is 34.2 Å². The van der Waals surface area contributed by atoms with Gasteiger partial charge in [-0.1, -0.05) is 17.7 Å². The van der Waals surface area contributed by atoms with Crippen LogP contribution in [-0.2, 0) is 19.5 Å². The zero-order valence-corrected chi connectivity index (χ0v) is 20.9. The predicted molar refractivity (Wildman–Crippen MR) is 141 cm³/mol. The maximum atomic E-state index is 12.8. The van der Waals surface area contributed by atoms with Crippen LogP contribution in [0.1, 0.15) is 22.5 Å². The van der Waals surface area contributed by atoms with E-state index in [1.165, 1.54) is 0 Å². The van der Waals surface area contributed by atoms with Gasteiger partial charge in [-0.25, -0.2) is 0 Å². The number of benzene rings is 2. The quantitative estimate of drug-likeness (QED) is 0.332. The van der Waals surface area contributed by atoms with E-state index in [4.69, 9.17) is 26.1 Å². The van der Waals surface area contributed by atoms with Crippen molar-refractivity contribution < 1.29 is 13.9 Å². The molecule has 182 valence electrons. The third kappa shape index (κ3) is 6.02. The fraction of sp³-hybridized carbons (Fsp3) is 0.259. The minimum atomic E-state index is -0.126. The number of aryl methyl sites for hydroxylation is 1. The van der Waals surface area contributed by atoms with Gasteiger partial charge in [0.2, 0.25) is 0 Å². The number of methoxy groups -OCH3 is 2. The van der Waals surface area contributed by atoms with Gasteiger partial charge in [-0.15, -0.1) is 0 Å². The average Bonchev–Trinajstić information content (AvgIpc) is 3.37. The molecule has 0 saturated heterocycles. The van der Waals surface area contributed by atoms with E-state index in [0.29, 0.717) is 41.8 Å². The summed E-state index contributed by atoms with van der Waals surface area (Å²) in [7, 11) is 3.24. The maximum Gasteiger partial charge on any atom is 0.253 e. The summed E-state index contributed by atoms with van der Waals surface area (Å²) in [5.41, 5.74) is 3.56. The first-order chi connectivity index (χ1) is 17.0. The first kappa shape index (κ1) is 24.3. The Balaban J connectivity index is 1.48. The Bertz CT molecular complexity index is 1360. The van der Waals surface area contributed by atoms with Gasteiger partial charge in [-0.2, -0.15) is 0 Å². The molecule has 2 aromatic heterocycles. The molecule has 0 aliphatic rings. The molecule has 7 nitrogen and oxygen atoms in total. The second-order valence-electron chi connectivity index (χ2n) is 8.32. The van der Waals surface area contributed by atoms with Gasteiger partial charge in [0.25, 0.3) is 5.56 Å². The molecule has 4 rings (SSSR count). The number of pyridine rings is 1.